The number of carbonyl (C=O) groups excluding carboxylic acids is 1. The fraction of sp³-hybridized carbons (Fsp3) is 0.250. The summed E-state index contributed by atoms with van der Waals surface area (Å²) in [7, 11) is 0. The lowest BCUT2D eigenvalue weighted by Gasteiger charge is -2.22. The van der Waals surface area contributed by atoms with Crippen molar-refractivity contribution in [2.75, 3.05) is 13.1 Å². The Morgan fingerprint density at radius 2 is 1.97 bits per heavy atom. The van der Waals surface area contributed by atoms with Gasteiger partial charge in [-0.3, -0.25) is 14.1 Å². The molecule has 1 aromatic heterocycles. The van der Waals surface area contributed by atoms with Gasteiger partial charge in [0, 0.05) is 33.5 Å². The Morgan fingerprint density at radius 1 is 1.24 bits per heavy atom. The van der Waals surface area contributed by atoms with Crippen molar-refractivity contribution >= 4 is 60.7 Å². The van der Waals surface area contributed by atoms with Crippen LogP contribution in [0.2, 0.25) is 0 Å². The zero-order valence-electron chi connectivity index (χ0n) is 16.0. The average Bonchev–Trinajstić information content (AvgIpc) is 2.70. The van der Waals surface area contributed by atoms with Gasteiger partial charge in [-0.2, -0.15) is 0 Å². The Kier molecular flexibility index (Phi) is 7.37. The van der Waals surface area contributed by atoms with Gasteiger partial charge in [-0.05, 0) is 66.0 Å². The molecule has 0 bridgehead atoms. The fourth-order valence-electron chi connectivity index (χ4n) is 2.90. The number of benzene rings is 2. The quantitative estimate of drug-likeness (QED) is 0.449. The molecule has 0 aliphatic carbocycles. The van der Waals surface area contributed by atoms with E-state index in [9.17, 15) is 9.59 Å². The molecule has 6 nitrogen and oxygen atoms in total. The van der Waals surface area contributed by atoms with Gasteiger partial charge in [0.05, 0.1) is 10.9 Å². The van der Waals surface area contributed by atoms with Crippen LogP contribution < -0.4 is 10.3 Å². The molecule has 0 unspecified atom stereocenters. The van der Waals surface area contributed by atoms with Crippen molar-refractivity contribution < 1.29 is 4.79 Å². The first-order chi connectivity index (χ1) is 13.9. The lowest BCUT2D eigenvalue weighted by atomic mass is 10.2. The van der Waals surface area contributed by atoms with E-state index in [-0.39, 0.29) is 11.6 Å². The van der Waals surface area contributed by atoms with E-state index in [0.29, 0.717) is 36.4 Å². The van der Waals surface area contributed by atoms with Gasteiger partial charge in [0.25, 0.3) is 5.56 Å². The molecule has 0 fully saturated rings. The predicted molar refractivity (Wildman–Crippen MR) is 124 cm³/mol. The number of aromatic nitrogens is 2. The maximum Gasteiger partial charge on any atom is 0.327 e. The van der Waals surface area contributed by atoms with Crippen LogP contribution in [-0.2, 0) is 6.54 Å². The number of aryl methyl sites for hydroxylation is 1. The summed E-state index contributed by atoms with van der Waals surface area (Å²) in [6.45, 7) is 5.02. The second kappa shape index (κ2) is 9.77. The highest BCUT2D eigenvalue weighted by molar-refractivity contribution is 9.11. The summed E-state index contributed by atoms with van der Waals surface area (Å²) >= 11 is 8.16. The minimum absolute atomic E-state index is 0.121. The molecule has 0 saturated heterocycles. The number of nitrogens with zero attached hydrogens (tertiary/aromatic N) is 3. The molecule has 1 N–H and O–H groups in total. The third-order valence-corrected chi connectivity index (χ3v) is 6.28. The number of amides is 2. The maximum atomic E-state index is 13.0. The lowest BCUT2D eigenvalue weighted by Crippen LogP contribution is -2.40. The van der Waals surface area contributed by atoms with Crippen molar-refractivity contribution in [2.45, 2.75) is 25.3 Å². The number of halogens is 2. The summed E-state index contributed by atoms with van der Waals surface area (Å²) in [5.41, 5.74) is 0.515. The summed E-state index contributed by atoms with van der Waals surface area (Å²) in [6, 6.07) is 13.1. The lowest BCUT2D eigenvalue weighted by molar-refractivity contribution is 0.204. The van der Waals surface area contributed by atoms with Crippen molar-refractivity contribution in [3.8, 4) is 0 Å². The van der Waals surface area contributed by atoms with Crippen molar-refractivity contribution in [2.24, 2.45) is 0 Å². The predicted octanol–water partition coefficient (Wildman–Crippen LogP) is 4.97. The van der Waals surface area contributed by atoms with Gasteiger partial charge in [-0.25, -0.2) is 9.78 Å². The standard InChI is InChI=1S/C20H20Br2N4O2S/c1-3-25(20(28)24-29-15-7-5-4-6-8-15)9-10-26-13(2)23-18-16(19(26)27)11-14(21)12-17(18)22/h4-8,11-12H,3,9-10H2,1-2H3,(H,24,28). The molecule has 0 spiro atoms. The molecule has 9 heteroatoms. The normalized spacial score (nSPS) is 10.9. The molecule has 2 aromatic carbocycles. The minimum atomic E-state index is -0.189. The van der Waals surface area contributed by atoms with Crippen LogP contribution >= 0.6 is 43.8 Å². The van der Waals surface area contributed by atoms with Crippen LogP contribution in [0.15, 0.2) is 61.1 Å². The van der Waals surface area contributed by atoms with Crippen LogP contribution in [0.4, 0.5) is 4.79 Å². The third-order valence-electron chi connectivity index (χ3n) is 4.43. The van der Waals surface area contributed by atoms with Crippen LogP contribution in [0.3, 0.4) is 0 Å². The molecule has 29 heavy (non-hydrogen) atoms. The number of urea groups is 1. The Morgan fingerprint density at radius 3 is 2.66 bits per heavy atom. The van der Waals surface area contributed by atoms with Crippen molar-refractivity contribution in [1.82, 2.24) is 19.2 Å². The molecule has 0 aliphatic heterocycles. The van der Waals surface area contributed by atoms with E-state index in [0.717, 1.165) is 13.8 Å². The molecule has 1 heterocycles. The van der Waals surface area contributed by atoms with Gasteiger partial charge < -0.3 is 4.90 Å². The highest BCUT2D eigenvalue weighted by Gasteiger charge is 2.15. The summed E-state index contributed by atoms with van der Waals surface area (Å²) in [5.74, 6) is 0.612. The molecule has 0 aliphatic rings. The average molecular weight is 540 g/mol. The van der Waals surface area contributed by atoms with Gasteiger partial charge in [-0.1, -0.05) is 34.1 Å². The first-order valence-electron chi connectivity index (χ1n) is 9.03. The maximum absolute atomic E-state index is 13.0. The molecular weight excluding hydrogens is 520 g/mol. The van der Waals surface area contributed by atoms with Crippen molar-refractivity contribution in [3.63, 3.8) is 0 Å². The van der Waals surface area contributed by atoms with Gasteiger partial charge >= 0.3 is 6.03 Å². The van der Waals surface area contributed by atoms with E-state index in [1.165, 1.54) is 11.9 Å². The number of carbonyl (C=O) groups is 1. The summed E-state index contributed by atoms with van der Waals surface area (Å²) in [4.78, 5) is 32.7. The van der Waals surface area contributed by atoms with Crippen LogP contribution in [0.25, 0.3) is 10.9 Å². The smallest absolute Gasteiger partial charge is 0.323 e. The monoisotopic (exact) mass is 538 g/mol. The molecule has 2 amide bonds. The zero-order chi connectivity index (χ0) is 21.0. The van der Waals surface area contributed by atoms with Crippen LogP contribution in [0, 0.1) is 6.92 Å². The molecule has 0 atom stereocenters. The second-order valence-corrected chi connectivity index (χ2v) is 8.95. The fourth-order valence-corrected chi connectivity index (χ4v) is 4.84. The van der Waals surface area contributed by atoms with Crippen LogP contribution in [0.5, 0.6) is 0 Å². The van der Waals surface area contributed by atoms with Gasteiger partial charge in [0.15, 0.2) is 0 Å². The highest BCUT2D eigenvalue weighted by atomic mass is 79.9. The minimum Gasteiger partial charge on any atom is -0.323 e. The van der Waals surface area contributed by atoms with Crippen LogP contribution in [-0.4, -0.2) is 33.6 Å². The van der Waals surface area contributed by atoms with E-state index in [4.69, 9.17) is 0 Å². The summed E-state index contributed by atoms with van der Waals surface area (Å²) in [6.07, 6.45) is 0. The number of likely N-dealkylation sites (N-methyl/N-ethyl adjacent to an activating group) is 1. The number of fused-ring (bicyclic) bond motifs is 1. The number of hydrogen-bond acceptors (Lipinski definition) is 4. The number of nitrogens with one attached hydrogen (secondary N) is 1. The number of hydrogen-bond donors (Lipinski definition) is 1. The van der Waals surface area contributed by atoms with Gasteiger partial charge in [0.2, 0.25) is 0 Å². The Balaban J connectivity index is 1.74. The second-order valence-electron chi connectivity index (χ2n) is 6.30. The molecule has 152 valence electrons. The van der Waals surface area contributed by atoms with Crippen molar-refractivity contribution in [3.05, 3.63) is 67.6 Å². The topological polar surface area (TPSA) is 67.2 Å². The van der Waals surface area contributed by atoms with E-state index >= 15 is 0 Å². The van der Waals surface area contributed by atoms with Gasteiger partial charge in [0.1, 0.15) is 5.82 Å². The van der Waals surface area contributed by atoms with Crippen LogP contribution in [0.1, 0.15) is 12.7 Å². The highest BCUT2D eigenvalue weighted by Crippen LogP contribution is 2.25. The van der Waals surface area contributed by atoms with Crippen molar-refractivity contribution in [1.29, 1.82) is 0 Å². The Bertz CT molecular complexity index is 1090. The van der Waals surface area contributed by atoms with Gasteiger partial charge in [-0.15, -0.1) is 0 Å². The third kappa shape index (κ3) is 5.21. The molecular formula is C20H20Br2N4O2S. The first kappa shape index (κ1) is 21.9. The largest absolute Gasteiger partial charge is 0.327 e. The molecule has 3 aromatic rings. The van der Waals surface area contributed by atoms with E-state index in [1.807, 2.05) is 43.3 Å². The van der Waals surface area contributed by atoms with E-state index in [2.05, 4.69) is 41.6 Å². The van der Waals surface area contributed by atoms with E-state index in [1.54, 1.807) is 22.5 Å². The van der Waals surface area contributed by atoms with E-state index < -0.39 is 0 Å². The Labute approximate surface area is 190 Å². The molecule has 0 radical (unpaired) electrons. The summed E-state index contributed by atoms with van der Waals surface area (Å²) in [5, 5.41) is 0.531. The zero-order valence-corrected chi connectivity index (χ0v) is 20.0. The summed E-state index contributed by atoms with van der Waals surface area (Å²) < 4.78 is 6.03. The molecule has 0 saturated carbocycles. The molecule has 3 rings (SSSR count). The SMILES string of the molecule is CCN(CCn1c(C)nc2c(Br)cc(Br)cc2c1=O)C(=O)NSc1ccccc1. The number of rotatable bonds is 6. The first-order valence-corrected chi connectivity index (χ1v) is 11.4. The Hall–Kier alpha value is -1.84.